The predicted molar refractivity (Wildman–Crippen MR) is 110 cm³/mol. The van der Waals surface area contributed by atoms with Gasteiger partial charge in [-0.2, -0.15) is 0 Å². The predicted octanol–water partition coefficient (Wildman–Crippen LogP) is 5.64. The summed E-state index contributed by atoms with van der Waals surface area (Å²) in [5.74, 6) is 2.83. The molecule has 2 bridgehead atoms. The first-order valence-corrected chi connectivity index (χ1v) is 10.9. The summed E-state index contributed by atoms with van der Waals surface area (Å²) in [7, 11) is 0. The molecular formula is C24H33NO3. The molecule has 1 aromatic carbocycles. The fourth-order valence-corrected chi connectivity index (χ4v) is 5.52. The summed E-state index contributed by atoms with van der Waals surface area (Å²) in [6.45, 7) is 7.72. The smallest absolute Gasteiger partial charge is 0.410 e. The summed E-state index contributed by atoms with van der Waals surface area (Å²) in [5.41, 5.74) is 2.60. The van der Waals surface area contributed by atoms with Crippen LogP contribution in [0.3, 0.4) is 0 Å². The van der Waals surface area contributed by atoms with Crippen molar-refractivity contribution in [3.63, 3.8) is 0 Å². The van der Waals surface area contributed by atoms with Crippen molar-refractivity contribution in [2.45, 2.75) is 65.0 Å². The molecule has 0 spiro atoms. The number of rotatable bonds is 3. The normalized spacial score (nSPS) is 33.1. The first-order valence-electron chi connectivity index (χ1n) is 10.9. The topological polar surface area (TPSA) is 47.6 Å². The largest absolute Gasteiger partial charge is 0.412 e. The van der Waals surface area contributed by atoms with Gasteiger partial charge in [0.15, 0.2) is 0 Å². The van der Waals surface area contributed by atoms with E-state index in [1.54, 1.807) is 0 Å². The zero-order valence-corrected chi connectivity index (χ0v) is 17.3. The first kappa shape index (κ1) is 19.5. The van der Waals surface area contributed by atoms with E-state index in [9.17, 15) is 4.79 Å². The van der Waals surface area contributed by atoms with Crippen LogP contribution in [0, 0.1) is 23.7 Å². The number of nitrogens with one attached hydrogen (secondary N) is 1. The van der Waals surface area contributed by atoms with Gasteiger partial charge in [0.25, 0.3) is 0 Å². The summed E-state index contributed by atoms with van der Waals surface area (Å²) in [6.07, 6.45) is 7.93. The number of carbonyl (C=O) groups is 1. The van der Waals surface area contributed by atoms with Crippen molar-refractivity contribution in [2.24, 2.45) is 23.7 Å². The number of carbonyl (C=O) groups excluding carboxylic acids is 1. The number of amides is 1. The maximum absolute atomic E-state index is 12.2. The van der Waals surface area contributed by atoms with Crippen LogP contribution in [0.25, 0.3) is 0 Å². The van der Waals surface area contributed by atoms with Crippen LogP contribution in [0.1, 0.15) is 64.5 Å². The average Bonchev–Trinajstić information content (AvgIpc) is 2.67. The van der Waals surface area contributed by atoms with Crippen molar-refractivity contribution in [3.05, 3.63) is 41.5 Å². The van der Waals surface area contributed by atoms with E-state index in [0.29, 0.717) is 29.4 Å². The quantitative estimate of drug-likeness (QED) is 0.687. The van der Waals surface area contributed by atoms with Gasteiger partial charge in [-0.3, -0.25) is 0 Å². The lowest BCUT2D eigenvalue weighted by Gasteiger charge is -2.47. The summed E-state index contributed by atoms with van der Waals surface area (Å²) >= 11 is 0. The molecule has 152 valence electrons. The Bertz CT molecular complexity index is 720. The zero-order valence-electron chi connectivity index (χ0n) is 17.3. The van der Waals surface area contributed by atoms with Gasteiger partial charge < -0.3 is 14.8 Å². The van der Waals surface area contributed by atoms with E-state index in [4.69, 9.17) is 9.47 Å². The molecule has 1 N–H and O–H groups in total. The number of ether oxygens (including phenoxy) is 2. The van der Waals surface area contributed by atoms with E-state index in [1.807, 2.05) is 24.3 Å². The fourth-order valence-electron chi connectivity index (χ4n) is 5.52. The van der Waals surface area contributed by atoms with Gasteiger partial charge in [0.1, 0.15) is 5.75 Å². The van der Waals surface area contributed by atoms with Crippen molar-refractivity contribution in [1.29, 1.82) is 0 Å². The third-order valence-electron chi connectivity index (χ3n) is 7.11. The molecule has 0 unspecified atom stereocenters. The second-order valence-electron chi connectivity index (χ2n) is 9.01. The van der Waals surface area contributed by atoms with Crippen molar-refractivity contribution in [3.8, 4) is 5.75 Å². The van der Waals surface area contributed by atoms with Crippen LogP contribution in [0.4, 0.5) is 4.79 Å². The molecule has 1 heterocycles. The molecule has 1 saturated heterocycles. The van der Waals surface area contributed by atoms with Gasteiger partial charge >= 0.3 is 6.09 Å². The average molecular weight is 384 g/mol. The highest BCUT2D eigenvalue weighted by Gasteiger charge is 2.43. The third kappa shape index (κ3) is 3.98. The number of benzene rings is 1. The van der Waals surface area contributed by atoms with Crippen LogP contribution in [-0.2, 0) is 4.74 Å². The highest BCUT2D eigenvalue weighted by atomic mass is 16.6. The second-order valence-corrected chi connectivity index (χ2v) is 9.01. The molecule has 4 rings (SSSR count). The standard InChI is InChI=1S/C24H33NO3/c1-15-13-16(2)22-17(3)21(15)14-27-23(22)18-9-11-20(12-10-18)28-24(26)25-19-7-5-4-6-8-19/h9-13,15,17,19,21-23H,4-8,14H2,1-3H3,(H,25,26)/t15-,17-,21+,22+,23-/m0/s1. The molecule has 2 aliphatic carbocycles. The molecular weight excluding hydrogens is 350 g/mol. The van der Waals surface area contributed by atoms with Crippen molar-refractivity contribution >= 4 is 6.09 Å². The van der Waals surface area contributed by atoms with E-state index >= 15 is 0 Å². The molecule has 1 amide bonds. The summed E-state index contributed by atoms with van der Waals surface area (Å²) in [5, 5.41) is 3.00. The third-order valence-corrected chi connectivity index (χ3v) is 7.11. The molecule has 1 saturated carbocycles. The lowest BCUT2D eigenvalue weighted by Crippen LogP contribution is -2.42. The number of hydrogen-bond donors (Lipinski definition) is 1. The minimum Gasteiger partial charge on any atom is -0.410 e. The Balaban J connectivity index is 1.40. The number of hydrogen-bond acceptors (Lipinski definition) is 3. The lowest BCUT2D eigenvalue weighted by molar-refractivity contribution is -0.0934. The second kappa shape index (κ2) is 8.28. The Morgan fingerprint density at radius 3 is 2.54 bits per heavy atom. The monoisotopic (exact) mass is 383 g/mol. The van der Waals surface area contributed by atoms with E-state index in [1.165, 1.54) is 24.8 Å². The molecule has 4 nitrogen and oxygen atoms in total. The number of fused-ring (bicyclic) bond motifs is 2. The van der Waals surface area contributed by atoms with Gasteiger partial charge in [-0.15, -0.1) is 0 Å². The summed E-state index contributed by atoms with van der Waals surface area (Å²) < 4.78 is 11.8. The van der Waals surface area contributed by atoms with Gasteiger partial charge in [0, 0.05) is 12.0 Å². The first-order chi connectivity index (χ1) is 13.5. The molecule has 4 heteroatoms. The summed E-state index contributed by atoms with van der Waals surface area (Å²) in [6, 6.07) is 8.13. The molecule has 0 aromatic heterocycles. The maximum atomic E-state index is 12.2. The van der Waals surface area contributed by atoms with Crippen LogP contribution in [-0.4, -0.2) is 18.7 Å². The minimum absolute atomic E-state index is 0.0834. The van der Waals surface area contributed by atoms with Gasteiger partial charge in [0.2, 0.25) is 0 Å². The van der Waals surface area contributed by atoms with Crippen LogP contribution < -0.4 is 10.1 Å². The van der Waals surface area contributed by atoms with Gasteiger partial charge in [-0.05, 0) is 55.2 Å². The van der Waals surface area contributed by atoms with Crippen LogP contribution in [0.15, 0.2) is 35.9 Å². The highest BCUT2D eigenvalue weighted by molar-refractivity contribution is 5.70. The Morgan fingerprint density at radius 2 is 1.82 bits per heavy atom. The Labute approximate surface area is 168 Å². The van der Waals surface area contributed by atoms with Crippen LogP contribution >= 0.6 is 0 Å². The maximum Gasteiger partial charge on any atom is 0.412 e. The summed E-state index contributed by atoms with van der Waals surface area (Å²) in [4.78, 5) is 12.2. The zero-order chi connectivity index (χ0) is 19.7. The van der Waals surface area contributed by atoms with E-state index in [0.717, 1.165) is 25.0 Å². The van der Waals surface area contributed by atoms with Crippen LogP contribution in [0.2, 0.25) is 0 Å². The molecule has 0 radical (unpaired) electrons. The Morgan fingerprint density at radius 1 is 1.11 bits per heavy atom. The van der Waals surface area contributed by atoms with E-state index < -0.39 is 0 Å². The number of allylic oxidation sites excluding steroid dienone is 1. The molecule has 2 fully saturated rings. The molecule has 3 aliphatic rings. The van der Waals surface area contributed by atoms with Gasteiger partial charge in [-0.1, -0.05) is 56.9 Å². The van der Waals surface area contributed by atoms with Crippen LogP contribution in [0.5, 0.6) is 5.75 Å². The molecule has 5 atom stereocenters. The molecule has 28 heavy (non-hydrogen) atoms. The fraction of sp³-hybridized carbons (Fsp3) is 0.625. The SMILES string of the molecule is CC1=C[C@H](C)[C@H]2CO[C@@H](c3ccc(OC(=O)NC4CCCCC4)cc3)[C@H]1[C@H]2C. The van der Waals surface area contributed by atoms with Crippen molar-refractivity contribution < 1.29 is 14.3 Å². The van der Waals surface area contributed by atoms with Crippen molar-refractivity contribution in [2.75, 3.05) is 6.61 Å². The Kier molecular flexibility index (Phi) is 5.77. The molecule has 1 aliphatic heterocycles. The van der Waals surface area contributed by atoms with E-state index in [-0.39, 0.29) is 18.2 Å². The minimum atomic E-state index is -0.343. The highest BCUT2D eigenvalue weighted by Crippen LogP contribution is 2.49. The van der Waals surface area contributed by atoms with E-state index in [2.05, 4.69) is 32.2 Å². The lowest BCUT2D eigenvalue weighted by atomic mass is 9.64. The Hall–Kier alpha value is -1.81. The van der Waals surface area contributed by atoms with Gasteiger partial charge in [-0.25, -0.2) is 4.79 Å². The van der Waals surface area contributed by atoms with Crippen molar-refractivity contribution in [1.82, 2.24) is 5.32 Å². The van der Waals surface area contributed by atoms with Gasteiger partial charge in [0.05, 0.1) is 12.7 Å². The molecule has 1 aromatic rings.